The summed E-state index contributed by atoms with van der Waals surface area (Å²) in [5.41, 5.74) is 2.91. The summed E-state index contributed by atoms with van der Waals surface area (Å²) in [6, 6.07) is 18.5. The maximum Gasteiger partial charge on any atom is 0.411 e. The third-order valence-corrected chi connectivity index (χ3v) is 5.61. The average molecular weight is 484 g/mol. The number of benzene rings is 3. The molecule has 3 N–H and O–H groups in total. The van der Waals surface area contributed by atoms with E-state index in [-0.39, 0.29) is 12.5 Å². The molecule has 0 atom stereocenters. The largest absolute Gasteiger partial charge is 0.477 e. The molecule has 7 nitrogen and oxygen atoms in total. The molecule has 1 aliphatic carbocycles. The van der Waals surface area contributed by atoms with Gasteiger partial charge in [0.05, 0.1) is 17.8 Å². The lowest BCUT2D eigenvalue weighted by molar-refractivity contribution is -0.163. The predicted molar refractivity (Wildman–Crippen MR) is 120 cm³/mol. The zero-order chi connectivity index (χ0) is 25.2. The minimum Gasteiger partial charge on any atom is -0.477 e. The Morgan fingerprint density at radius 1 is 0.914 bits per heavy atom. The van der Waals surface area contributed by atoms with Gasteiger partial charge in [0.1, 0.15) is 12.4 Å². The number of hydrogen-bond acceptors (Lipinski definition) is 4. The molecular weight excluding hydrogens is 465 g/mol. The van der Waals surface area contributed by atoms with Gasteiger partial charge in [0.15, 0.2) is 0 Å². The van der Waals surface area contributed by atoms with E-state index >= 15 is 0 Å². The number of carboxylic acids is 1. The number of ether oxygens (including phenoxy) is 1. The molecule has 0 unspecified atom stereocenters. The second-order valence-electron chi connectivity index (χ2n) is 7.81. The summed E-state index contributed by atoms with van der Waals surface area (Å²) < 4.78 is 46.3. The van der Waals surface area contributed by atoms with Crippen LogP contribution in [0.1, 0.15) is 27.4 Å². The first-order chi connectivity index (χ1) is 16.7. The Bertz CT molecular complexity index is 1270. The van der Waals surface area contributed by atoms with Gasteiger partial charge in [0.25, 0.3) is 5.91 Å². The van der Waals surface area contributed by atoms with Gasteiger partial charge in [0.2, 0.25) is 0 Å². The Labute approximate surface area is 197 Å². The second-order valence-corrected chi connectivity index (χ2v) is 7.81. The fourth-order valence-corrected chi connectivity index (χ4v) is 3.94. The highest BCUT2D eigenvalue weighted by Crippen LogP contribution is 2.44. The molecule has 3 aromatic rings. The van der Waals surface area contributed by atoms with Gasteiger partial charge in [0, 0.05) is 5.92 Å². The summed E-state index contributed by atoms with van der Waals surface area (Å²) in [5, 5.41) is 12.4. The number of alkyl halides is 2. The van der Waals surface area contributed by atoms with E-state index in [1.54, 1.807) is 5.32 Å². The Balaban J connectivity index is 1.47. The Hall–Kier alpha value is -4.34. The number of fused-ring (bicyclic) bond motifs is 3. The molecule has 0 radical (unpaired) electrons. The molecule has 0 heterocycles. The first-order valence-corrected chi connectivity index (χ1v) is 10.5. The van der Waals surface area contributed by atoms with Crippen LogP contribution in [0.3, 0.4) is 0 Å². The molecule has 1 aliphatic rings. The number of rotatable bonds is 7. The van der Waals surface area contributed by atoms with Crippen LogP contribution in [-0.2, 0) is 9.53 Å². The maximum absolute atomic E-state index is 14.4. The van der Waals surface area contributed by atoms with Gasteiger partial charge in [-0.25, -0.2) is 14.0 Å². The fraction of sp³-hybridized carbons (Fsp3) is 0.160. The number of carbonyl (C=O) groups is 3. The van der Waals surface area contributed by atoms with Gasteiger partial charge < -0.3 is 15.2 Å². The van der Waals surface area contributed by atoms with E-state index in [4.69, 9.17) is 9.84 Å². The summed E-state index contributed by atoms with van der Waals surface area (Å²) >= 11 is 0. The number of carbonyl (C=O) groups excluding carboxylic acids is 2. The van der Waals surface area contributed by atoms with E-state index in [0.29, 0.717) is 0 Å². The summed E-state index contributed by atoms with van der Waals surface area (Å²) in [6.45, 7) is -1.58. The van der Waals surface area contributed by atoms with Crippen LogP contribution in [0.25, 0.3) is 11.1 Å². The van der Waals surface area contributed by atoms with Crippen molar-refractivity contribution in [2.24, 2.45) is 0 Å². The molecule has 4 rings (SSSR count). The Morgan fingerprint density at radius 2 is 1.51 bits per heavy atom. The quantitative estimate of drug-likeness (QED) is 0.453. The van der Waals surface area contributed by atoms with Crippen LogP contribution >= 0.6 is 0 Å². The number of halogens is 3. The molecule has 0 fully saturated rings. The van der Waals surface area contributed by atoms with E-state index < -0.39 is 47.5 Å². The smallest absolute Gasteiger partial charge is 0.411 e. The second kappa shape index (κ2) is 9.49. The molecular formula is C25H19F3N2O5. The van der Waals surface area contributed by atoms with E-state index in [0.717, 1.165) is 40.5 Å². The molecule has 3 aromatic carbocycles. The van der Waals surface area contributed by atoms with Crippen molar-refractivity contribution in [2.45, 2.75) is 11.8 Å². The molecule has 0 saturated carbocycles. The van der Waals surface area contributed by atoms with Crippen LogP contribution in [0.5, 0.6) is 0 Å². The molecule has 2 amide bonds. The molecule has 10 heteroatoms. The van der Waals surface area contributed by atoms with E-state index in [2.05, 4.69) is 5.32 Å². The maximum atomic E-state index is 14.4. The number of carboxylic acid groups (broad SMARTS) is 1. The number of amides is 2. The number of hydrogen-bond donors (Lipinski definition) is 3. The first kappa shape index (κ1) is 23.8. The lowest BCUT2D eigenvalue weighted by atomic mass is 9.98. The van der Waals surface area contributed by atoms with Gasteiger partial charge in [-0.2, -0.15) is 8.78 Å². The lowest BCUT2D eigenvalue weighted by Crippen LogP contribution is -2.42. The van der Waals surface area contributed by atoms with Crippen LogP contribution in [-0.4, -0.2) is 42.2 Å². The van der Waals surface area contributed by atoms with Gasteiger partial charge in [-0.15, -0.1) is 0 Å². The number of anilines is 1. The van der Waals surface area contributed by atoms with Gasteiger partial charge in [-0.3, -0.25) is 10.1 Å². The Morgan fingerprint density at radius 3 is 2.11 bits per heavy atom. The summed E-state index contributed by atoms with van der Waals surface area (Å²) in [6.07, 6.45) is -1.05. The van der Waals surface area contributed by atoms with Gasteiger partial charge in [-0.1, -0.05) is 54.6 Å². The number of nitrogens with one attached hydrogen (secondary N) is 2. The summed E-state index contributed by atoms with van der Waals surface area (Å²) in [4.78, 5) is 35.3. The SMILES string of the molecule is O=C(Nc1c(F)cccc1C(=O)NCC(F)(F)C(=O)O)OCC1c2ccccc2-c2ccccc21. The van der Waals surface area contributed by atoms with Crippen LogP contribution in [0.15, 0.2) is 66.7 Å². The summed E-state index contributed by atoms with van der Waals surface area (Å²) in [5.74, 6) is -9.09. The van der Waals surface area contributed by atoms with Gasteiger partial charge in [-0.05, 0) is 34.4 Å². The molecule has 0 bridgehead atoms. The van der Waals surface area contributed by atoms with Crippen molar-refractivity contribution in [3.05, 3.63) is 89.2 Å². The monoisotopic (exact) mass is 484 g/mol. The highest BCUT2D eigenvalue weighted by atomic mass is 19.3. The zero-order valence-corrected chi connectivity index (χ0v) is 18.1. The Kier molecular flexibility index (Phi) is 6.46. The molecule has 0 aromatic heterocycles. The fourth-order valence-electron chi connectivity index (χ4n) is 3.94. The van der Waals surface area contributed by atoms with Crippen LogP contribution < -0.4 is 10.6 Å². The molecule has 0 saturated heterocycles. The highest BCUT2D eigenvalue weighted by molar-refractivity contribution is 6.03. The van der Waals surface area contributed by atoms with Crippen LogP contribution in [0.2, 0.25) is 0 Å². The lowest BCUT2D eigenvalue weighted by Gasteiger charge is -2.16. The third-order valence-electron chi connectivity index (χ3n) is 5.61. The van der Waals surface area contributed by atoms with Crippen molar-refractivity contribution in [1.29, 1.82) is 0 Å². The van der Waals surface area contributed by atoms with Gasteiger partial charge >= 0.3 is 18.0 Å². The minimum atomic E-state index is -4.22. The zero-order valence-electron chi connectivity index (χ0n) is 18.1. The predicted octanol–water partition coefficient (Wildman–Crippen LogP) is 4.64. The van der Waals surface area contributed by atoms with Crippen molar-refractivity contribution >= 4 is 23.7 Å². The van der Waals surface area contributed by atoms with Crippen LogP contribution in [0, 0.1) is 5.82 Å². The van der Waals surface area contributed by atoms with Crippen molar-refractivity contribution < 1.29 is 37.4 Å². The van der Waals surface area contributed by atoms with Crippen molar-refractivity contribution in [1.82, 2.24) is 5.32 Å². The van der Waals surface area contributed by atoms with E-state index in [1.807, 2.05) is 48.5 Å². The van der Waals surface area contributed by atoms with Crippen molar-refractivity contribution in [3.8, 4) is 11.1 Å². The molecule has 180 valence electrons. The van der Waals surface area contributed by atoms with E-state index in [1.165, 1.54) is 0 Å². The number of para-hydroxylation sites is 1. The standard InChI is InChI=1S/C25H19F3N2O5/c26-20-11-5-10-18(22(31)29-13-25(27,28)23(32)33)21(20)30-24(34)35-12-19-16-8-3-1-6-14(16)15-7-2-4-9-17(15)19/h1-11,19H,12-13H2,(H,29,31)(H,30,34)(H,32,33). The summed E-state index contributed by atoms with van der Waals surface area (Å²) in [7, 11) is 0. The normalized spacial score (nSPS) is 12.4. The number of aliphatic carboxylic acids is 1. The van der Waals surface area contributed by atoms with Crippen molar-refractivity contribution in [2.75, 3.05) is 18.5 Å². The first-order valence-electron chi connectivity index (χ1n) is 10.5. The topological polar surface area (TPSA) is 105 Å². The minimum absolute atomic E-state index is 0.0688. The average Bonchev–Trinajstić information content (AvgIpc) is 3.16. The van der Waals surface area contributed by atoms with Crippen LogP contribution in [0.4, 0.5) is 23.7 Å². The van der Waals surface area contributed by atoms with E-state index in [9.17, 15) is 27.6 Å². The molecule has 35 heavy (non-hydrogen) atoms. The molecule has 0 aliphatic heterocycles. The molecule has 0 spiro atoms. The third kappa shape index (κ3) is 4.81. The highest BCUT2D eigenvalue weighted by Gasteiger charge is 2.39. The van der Waals surface area contributed by atoms with Crippen molar-refractivity contribution in [3.63, 3.8) is 0 Å².